The van der Waals surface area contributed by atoms with Crippen molar-refractivity contribution in [1.29, 1.82) is 0 Å². The van der Waals surface area contributed by atoms with Crippen LogP contribution in [0.5, 0.6) is 0 Å². The maximum Gasteiger partial charge on any atom is 0.256 e. The SMILES string of the molecule is CNC(=O)C1CS(=O)C2c3ccccc3C(=O)N12. The Morgan fingerprint density at radius 1 is 1.44 bits per heavy atom. The average molecular weight is 264 g/mol. The van der Waals surface area contributed by atoms with Crippen molar-refractivity contribution >= 4 is 22.6 Å². The first-order valence-corrected chi connectivity index (χ1v) is 7.03. The summed E-state index contributed by atoms with van der Waals surface area (Å²) in [5, 5.41) is 2.06. The van der Waals surface area contributed by atoms with E-state index in [1.807, 2.05) is 12.1 Å². The van der Waals surface area contributed by atoms with Gasteiger partial charge in [-0.15, -0.1) is 0 Å². The third kappa shape index (κ3) is 1.35. The largest absolute Gasteiger partial charge is 0.357 e. The van der Waals surface area contributed by atoms with Crippen LogP contribution in [0.4, 0.5) is 0 Å². The Morgan fingerprint density at radius 3 is 2.89 bits per heavy atom. The van der Waals surface area contributed by atoms with E-state index in [0.717, 1.165) is 5.56 Å². The van der Waals surface area contributed by atoms with Gasteiger partial charge in [-0.3, -0.25) is 13.8 Å². The van der Waals surface area contributed by atoms with Crippen LogP contribution >= 0.6 is 0 Å². The zero-order chi connectivity index (χ0) is 12.9. The predicted molar refractivity (Wildman–Crippen MR) is 66.2 cm³/mol. The standard InChI is InChI=1S/C12H12N2O3S/c1-13-10(15)9-6-18(17)12-8-5-3-2-4-7(8)11(16)14(9)12/h2-5,9,12H,6H2,1H3,(H,13,15). The first kappa shape index (κ1) is 11.4. The number of benzene rings is 1. The molecule has 94 valence electrons. The number of likely N-dealkylation sites (N-methyl/N-ethyl adjacent to an activating group) is 1. The monoisotopic (exact) mass is 264 g/mol. The molecule has 3 atom stereocenters. The first-order valence-electron chi connectivity index (χ1n) is 5.65. The van der Waals surface area contributed by atoms with E-state index >= 15 is 0 Å². The second-order valence-corrected chi connectivity index (χ2v) is 5.87. The van der Waals surface area contributed by atoms with Crippen molar-refractivity contribution in [2.24, 2.45) is 0 Å². The zero-order valence-electron chi connectivity index (χ0n) is 9.75. The van der Waals surface area contributed by atoms with Gasteiger partial charge < -0.3 is 10.2 Å². The third-order valence-electron chi connectivity index (χ3n) is 3.40. The second kappa shape index (κ2) is 3.91. The molecule has 0 bridgehead atoms. The molecule has 3 rings (SSSR count). The summed E-state index contributed by atoms with van der Waals surface area (Å²) < 4.78 is 12.1. The minimum Gasteiger partial charge on any atom is -0.357 e. The highest BCUT2D eigenvalue weighted by Crippen LogP contribution is 2.42. The highest BCUT2D eigenvalue weighted by molar-refractivity contribution is 7.85. The third-order valence-corrected chi connectivity index (χ3v) is 5.02. The number of carbonyl (C=O) groups is 2. The molecule has 0 radical (unpaired) electrons. The molecule has 1 N–H and O–H groups in total. The van der Waals surface area contributed by atoms with E-state index in [4.69, 9.17) is 0 Å². The molecular formula is C12H12N2O3S. The van der Waals surface area contributed by atoms with Crippen LogP contribution in [0.2, 0.25) is 0 Å². The highest BCUT2D eigenvalue weighted by atomic mass is 32.2. The Morgan fingerprint density at radius 2 is 2.17 bits per heavy atom. The maximum atomic E-state index is 12.3. The second-order valence-electron chi connectivity index (χ2n) is 4.33. The van der Waals surface area contributed by atoms with Crippen molar-refractivity contribution < 1.29 is 13.8 Å². The molecule has 0 saturated carbocycles. The normalized spacial score (nSPS) is 29.1. The summed E-state index contributed by atoms with van der Waals surface area (Å²) in [6, 6.07) is 6.49. The highest BCUT2D eigenvalue weighted by Gasteiger charge is 2.51. The number of nitrogens with one attached hydrogen (secondary N) is 1. The molecule has 0 aliphatic carbocycles. The number of hydrogen-bond acceptors (Lipinski definition) is 3. The Balaban J connectivity index is 2.09. The molecule has 0 aromatic heterocycles. The van der Waals surface area contributed by atoms with Crippen molar-refractivity contribution in [1.82, 2.24) is 10.2 Å². The van der Waals surface area contributed by atoms with Crippen LogP contribution in [0.25, 0.3) is 0 Å². The fourth-order valence-electron chi connectivity index (χ4n) is 2.57. The molecule has 1 aromatic rings. The topological polar surface area (TPSA) is 66.5 Å². The molecular weight excluding hydrogens is 252 g/mol. The summed E-state index contributed by atoms with van der Waals surface area (Å²) >= 11 is 0. The smallest absolute Gasteiger partial charge is 0.256 e. The molecule has 1 fully saturated rings. The molecule has 1 aromatic carbocycles. The summed E-state index contributed by atoms with van der Waals surface area (Å²) in [6.45, 7) is 0. The summed E-state index contributed by atoms with van der Waals surface area (Å²) in [5.41, 5.74) is 1.33. The van der Waals surface area contributed by atoms with Crippen molar-refractivity contribution in [2.45, 2.75) is 11.4 Å². The molecule has 2 amide bonds. The van der Waals surface area contributed by atoms with E-state index in [9.17, 15) is 13.8 Å². The first-order chi connectivity index (χ1) is 8.65. The number of amides is 2. The number of hydrogen-bond donors (Lipinski definition) is 1. The minimum atomic E-state index is -1.22. The van der Waals surface area contributed by atoms with Crippen LogP contribution in [0, 0.1) is 0 Å². The van der Waals surface area contributed by atoms with Crippen LogP contribution in [-0.2, 0) is 15.6 Å². The molecule has 18 heavy (non-hydrogen) atoms. The molecule has 6 heteroatoms. The lowest BCUT2D eigenvalue weighted by Crippen LogP contribution is -2.44. The van der Waals surface area contributed by atoms with Crippen LogP contribution in [0.1, 0.15) is 21.3 Å². The van der Waals surface area contributed by atoms with Gasteiger partial charge in [-0.2, -0.15) is 0 Å². The summed E-state index contributed by atoms with van der Waals surface area (Å²) in [7, 11) is 0.302. The van der Waals surface area contributed by atoms with Gasteiger partial charge in [-0.25, -0.2) is 0 Å². The zero-order valence-corrected chi connectivity index (χ0v) is 10.6. The molecule has 2 aliphatic rings. The lowest BCUT2D eigenvalue weighted by molar-refractivity contribution is -0.124. The van der Waals surface area contributed by atoms with Gasteiger partial charge in [0, 0.05) is 18.2 Å². The van der Waals surface area contributed by atoms with Crippen LogP contribution in [0.3, 0.4) is 0 Å². The average Bonchev–Trinajstić information content (AvgIpc) is 2.88. The van der Waals surface area contributed by atoms with Gasteiger partial charge in [0.1, 0.15) is 11.4 Å². The number of rotatable bonds is 1. The quantitative estimate of drug-likeness (QED) is 0.777. The van der Waals surface area contributed by atoms with E-state index in [0.29, 0.717) is 5.56 Å². The lowest BCUT2D eigenvalue weighted by atomic mass is 10.1. The fourth-order valence-corrected chi connectivity index (χ4v) is 4.36. The summed E-state index contributed by atoms with van der Waals surface area (Å²) in [5.74, 6) is -0.244. The summed E-state index contributed by atoms with van der Waals surface area (Å²) in [6.07, 6.45) is 0. The maximum absolute atomic E-state index is 12.3. The molecule has 2 heterocycles. The Hall–Kier alpha value is -1.69. The molecule has 5 nitrogen and oxygen atoms in total. The Kier molecular flexibility index (Phi) is 2.48. The van der Waals surface area contributed by atoms with Gasteiger partial charge in [0.25, 0.3) is 5.91 Å². The van der Waals surface area contributed by atoms with E-state index in [2.05, 4.69) is 5.32 Å². The Labute approximate surface area is 107 Å². The van der Waals surface area contributed by atoms with Crippen molar-refractivity contribution in [3.8, 4) is 0 Å². The van der Waals surface area contributed by atoms with Gasteiger partial charge >= 0.3 is 0 Å². The van der Waals surface area contributed by atoms with Crippen LogP contribution in [-0.4, -0.2) is 39.8 Å². The van der Waals surface area contributed by atoms with E-state index < -0.39 is 22.2 Å². The van der Waals surface area contributed by atoms with Gasteiger partial charge in [-0.1, -0.05) is 18.2 Å². The van der Waals surface area contributed by atoms with Crippen LogP contribution < -0.4 is 5.32 Å². The van der Waals surface area contributed by atoms with Gasteiger partial charge in [0.05, 0.1) is 16.6 Å². The minimum absolute atomic E-state index is 0.199. The van der Waals surface area contributed by atoms with Crippen LogP contribution in [0.15, 0.2) is 24.3 Å². The van der Waals surface area contributed by atoms with Gasteiger partial charge in [0.15, 0.2) is 0 Å². The fraction of sp³-hybridized carbons (Fsp3) is 0.333. The Bertz CT molecular complexity index is 572. The van der Waals surface area contributed by atoms with Gasteiger partial charge in [-0.05, 0) is 6.07 Å². The summed E-state index contributed by atoms with van der Waals surface area (Å²) in [4.78, 5) is 25.5. The molecule has 0 spiro atoms. The molecule has 2 aliphatic heterocycles. The van der Waals surface area contributed by atoms with E-state index in [1.54, 1.807) is 12.1 Å². The van der Waals surface area contributed by atoms with Crippen molar-refractivity contribution in [3.63, 3.8) is 0 Å². The van der Waals surface area contributed by atoms with E-state index in [1.165, 1.54) is 11.9 Å². The van der Waals surface area contributed by atoms with Crippen molar-refractivity contribution in [3.05, 3.63) is 35.4 Å². The number of fused-ring (bicyclic) bond motifs is 3. The predicted octanol–water partition coefficient (Wildman–Crippen LogP) is 0.0179. The number of carbonyl (C=O) groups excluding carboxylic acids is 2. The number of nitrogens with zero attached hydrogens (tertiary/aromatic N) is 1. The van der Waals surface area contributed by atoms with E-state index in [-0.39, 0.29) is 17.6 Å². The molecule has 3 unspecified atom stereocenters. The van der Waals surface area contributed by atoms with Gasteiger partial charge in [0.2, 0.25) is 5.91 Å². The lowest BCUT2D eigenvalue weighted by Gasteiger charge is -2.21. The van der Waals surface area contributed by atoms with Crippen molar-refractivity contribution in [2.75, 3.05) is 12.8 Å². The molecule has 1 saturated heterocycles.